The molecule has 0 saturated heterocycles. The van der Waals surface area contributed by atoms with E-state index >= 15 is 0 Å². The molecule has 1 aliphatic heterocycles. The number of nitrogens with one attached hydrogen (secondary N) is 2. The van der Waals surface area contributed by atoms with Gasteiger partial charge >= 0.3 is 5.97 Å². The highest BCUT2D eigenvalue weighted by molar-refractivity contribution is 9.10. The van der Waals surface area contributed by atoms with Crippen LogP contribution in [0.1, 0.15) is 29.1 Å². The number of benzene rings is 2. The second-order valence-electron chi connectivity index (χ2n) is 6.78. The number of aromatic nitrogens is 3. The van der Waals surface area contributed by atoms with E-state index in [0.717, 1.165) is 10.0 Å². The van der Waals surface area contributed by atoms with Crippen molar-refractivity contribution in [1.82, 2.24) is 14.8 Å². The maximum Gasteiger partial charge on any atom is 0.378 e. The van der Waals surface area contributed by atoms with Crippen molar-refractivity contribution in [2.75, 3.05) is 17.7 Å². The molecule has 0 fully saturated rings. The normalized spacial score (nSPS) is 15.2. The molecule has 0 saturated carbocycles. The van der Waals surface area contributed by atoms with Crippen LogP contribution in [0.5, 0.6) is 0 Å². The van der Waals surface area contributed by atoms with Crippen LogP contribution >= 0.6 is 27.5 Å². The van der Waals surface area contributed by atoms with Crippen LogP contribution in [0.3, 0.4) is 0 Å². The lowest BCUT2D eigenvalue weighted by molar-refractivity contribution is -0.113. The number of fused-ring (bicyclic) bond motifs is 1. The van der Waals surface area contributed by atoms with E-state index in [2.05, 4.69) is 36.6 Å². The second-order valence-corrected chi connectivity index (χ2v) is 8.13. The summed E-state index contributed by atoms with van der Waals surface area (Å²) in [5.41, 5.74) is 2.41. The molecule has 0 radical (unpaired) electrons. The number of allylic oxidation sites excluding steroid dienone is 1. The van der Waals surface area contributed by atoms with E-state index in [1.54, 1.807) is 31.2 Å². The summed E-state index contributed by atoms with van der Waals surface area (Å²) >= 11 is 9.42. The maximum atomic E-state index is 13.3. The Balaban J connectivity index is 1.80. The number of carbonyl (C=O) groups is 2. The summed E-state index contributed by atoms with van der Waals surface area (Å²) in [7, 11) is 1.26. The van der Waals surface area contributed by atoms with Gasteiger partial charge in [-0.25, -0.2) is 9.48 Å². The fourth-order valence-electron chi connectivity index (χ4n) is 3.34. The van der Waals surface area contributed by atoms with Crippen LogP contribution in [0, 0.1) is 0 Å². The number of amides is 1. The van der Waals surface area contributed by atoms with Crippen LogP contribution in [0.15, 0.2) is 64.3 Å². The average molecular weight is 503 g/mol. The molecule has 2 heterocycles. The molecule has 158 valence electrons. The topological polar surface area (TPSA) is 98.1 Å². The van der Waals surface area contributed by atoms with Gasteiger partial charge in [0.05, 0.1) is 12.7 Å². The average Bonchev–Trinajstić information content (AvgIpc) is 3.17. The number of hydrogen-bond acceptors (Lipinski definition) is 6. The zero-order chi connectivity index (χ0) is 22.1. The minimum Gasteiger partial charge on any atom is -0.463 e. The third-order valence-corrected chi connectivity index (χ3v) is 5.48. The van der Waals surface area contributed by atoms with Gasteiger partial charge in [0.2, 0.25) is 5.95 Å². The molecule has 3 aromatic rings. The minimum absolute atomic E-state index is 0.0999. The first-order valence-corrected chi connectivity index (χ1v) is 10.4. The Labute approximate surface area is 191 Å². The number of methoxy groups -OCH3 is 1. The Kier molecular flexibility index (Phi) is 5.79. The van der Waals surface area contributed by atoms with E-state index < -0.39 is 12.0 Å². The van der Waals surface area contributed by atoms with Crippen LogP contribution < -0.4 is 10.6 Å². The monoisotopic (exact) mass is 501 g/mol. The molecule has 1 amide bonds. The highest BCUT2D eigenvalue weighted by Crippen LogP contribution is 2.36. The van der Waals surface area contributed by atoms with E-state index in [-0.39, 0.29) is 11.7 Å². The van der Waals surface area contributed by atoms with Gasteiger partial charge in [-0.1, -0.05) is 39.7 Å². The van der Waals surface area contributed by atoms with Crippen LogP contribution in [0.25, 0.3) is 0 Å². The molecule has 0 bridgehead atoms. The summed E-state index contributed by atoms with van der Waals surface area (Å²) in [6.45, 7) is 1.78. The van der Waals surface area contributed by atoms with E-state index in [0.29, 0.717) is 27.9 Å². The minimum atomic E-state index is -0.665. The second kappa shape index (κ2) is 8.52. The predicted octanol–water partition coefficient (Wildman–Crippen LogP) is 4.41. The maximum absolute atomic E-state index is 13.3. The van der Waals surface area contributed by atoms with Crippen molar-refractivity contribution in [2.45, 2.75) is 13.0 Å². The fourth-order valence-corrected chi connectivity index (χ4v) is 3.88. The number of anilines is 2. The largest absolute Gasteiger partial charge is 0.463 e. The van der Waals surface area contributed by atoms with Crippen LogP contribution in [-0.2, 0) is 9.53 Å². The van der Waals surface area contributed by atoms with Crippen molar-refractivity contribution in [3.63, 3.8) is 0 Å². The summed E-state index contributed by atoms with van der Waals surface area (Å²) in [6.07, 6.45) is 0. The molecule has 8 nitrogen and oxygen atoms in total. The summed E-state index contributed by atoms with van der Waals surface area (Å²) in [6, 6.07) is 13.7. The summed E-state index contributed by atoms with van der Waals surface area (Å²) < 4.78 is 7.10. The lowest BCUT2D eigenvalue weighted by atomic mass is 9.95. The molecular weight excluding hydrogens is 486 g/mol. The number of nitrogens with zero attached hydrogens (tertiary/aromatic N) is 3. The highest BCUT2D eigenvalue weighted by atomic mass is 79.9. The summed E-state index contributed by atoms with van der Waals surface area (Å²) in [5.74, 6) is -0.748. The Morgan fingerprint density at radius 3 is 2.65 bits per heavy atom. The SMILES string of the molecule is COC(=O)c1nc2n(n1)[C@H](c1cccc(Br)c1)C(C(=O)Nc1ccc(Cl)cc1)=C(C)N2. The Morgan fingerprint density at radius 1 is 1.23 bits per heavy atom. The van der Waals surface area contributed by atoms with Crippen molar-refractivity contribution in [3.05, 3.63) is 80.7 Å². The van der Waals surface area contributed by atoms with E-state index in [9.17, 15) is 9.59 Å². The standard InChI is InChI=1S/C21H17BrClN5O3/c1-11-16(19(29)25-15-8-6-14(23)7-9-15)17(12-4-3-5-13(22)10-12)28-21(24-11)26-18(27-28)20(30)31-2/h3-10,17H,1-2H3,(H,25,29)(H,24,26,27)/t17-/m1/s1. The van der Waals surface area contributed by atoms with Crippen LogP contribution in [0.4, 0.5) is 11.6 Å². The molecule has 31 heavy (non-hydrogen) atoms. The number of halogens is 2. The molecule has 4 rings (SSSR count). The smallest absolute Gasteiger partial charge is 0.378 e. The quantitative estimate of drug-likeness (QED) is 0.513. The third-order valence-electron chi connectivity index (χ3n) is 4.73. The van der Waals surface area contributed by atoms with Crippen molar-refractivity contribution < 1.29 is 14.3 Å². The number of carbonyl (C=O) groups excluding carboxylic acids is 2. The lowest BCUT2D eigenvalue weighted by Gasteiger charge is -2.28. The van der Waals surface area contributed by atoms with Gasteiger partial charge in [-0.2, -0.15) is 4.98 Å². The zero-order valence-electron chi connectivity index (χ0n) is 16.5. The Bertz CT molecular complexity index is 1210. The van der Waals surface area contributed by atoms with Gasteiger partial charge in [0.25, 0.3) is 11.7 Å². The molecule has 2 N–H and O–H groups in total. The van der Waals surface area contributed by atoms with E-state index in [1.807, 2.05) is 24.3 Å². The molecule has 1 aromatic heterocycles. The first-order chi connectivity index (χ1) is 14.9. The Hall–Kier alpha value is -3.17. The van der Waals surface area contributed by atoms with E-state index in [4.69, 9.17) is 16.3 Å². The summed E-state index contributed by atoms with van der Waals surface area (Å²) in [4.78, 5) is 29.6. The first-order valence-electron chi connectivity index (χ1n) is 9.22. The first kappa shape index (κ1) is 21.1. The van der Waals surface area contributed by atoms with Gasteiger partial charge in [0.1, 0.15) is 6.04 Å². The van der Waals surface area contributed by atoms with Crippen LogP contribution in [-0.4, -0.2) is 33.8 Å². The molecule has 0 aliphatic carbocycles. The van der Waals surface area contributed by atoms with Gasteiger partial charge in [-0.05, 0) is 48.9 Å². The van der Waals surface area contributed by atoms with Crippen molar-refractivity contribution in [3.8, 4) is 0 Å². The molecule has 1 aliphatic rings. The van der Waals surface area contributed by atoms with Gasteiger partial charge < -0.3 is 15.4 Å². The number of esters is 1. The van der Waals surface area contributed by atoms with Gasteiger partial charge in [-0.15, -0.1) is 5.10 Å². The fraction of sp³-hybridized carbons (Fsp3) is 0.143. The number of ether oxygens (including phenoxy) is 1. The van der Waals surface area contributed by atoms with Crippen molar-refractivity contribution in [2.24, 2.45) is 0 Å². The predicted molar refractivity (Wildman–Crippen MR) is 120 cm³/mol. The molecule has 1 atom stereocenters. The molecular formula is C21H17BrClN5O3. The van der Waals surface area contributed by atoms with Crippen LogP contribution in [0.2, 0.25) is 5.02 Å². The number of rotatable bonds is 4. The highest BCUT2D eigenvalue weighted by Gasteiger charge is 2.35. The third kappa shape index (κ3) is 4.19. The molecule has 10 heteroatoms. The van der Waals surface area contributed by atoms with Gasteiger partial charge in [-0.3, -0.25) is 4.79 Å². The number of hydrogen-bond donors (Lipinski definition) is 2. The van der Waals surface area contributed by atoms with Gasteiger partial charge in [0.15, 0.2) is 0 Å². The summed E-state index contributed by atoms with van der Waals surface area (Å²) in [5, 5.41) is 10.8. The van der Waals surface area contributed by atoms with Crippen molar-refractivity contribution in [1.29, 1.82) is 0 Å². The van der Waals surface area contributed by atoms with Crippen molar-refractivity contribution >= 4 is 51.0 Å². The van der Waals surface area contributed by atoms with Gasteiger partial charge in [0, 0.05) is 20.9 Å². The molecule has 0 spiro atoms. The molecule has 0 unspecified atom stereocenters. The Morgan fingerprint density at radius 2 is 1.97 bits per heavy atom. The lowest BCUT2D eigenvalue weighted by Crippen LogP contribution is -2.31. The molecule has 2 aromatic carbocycles. The van der Waals surface area contributed by atoms with E-state index in [1.165, 1.54) is 11.8 Å². The zero-order valence-corrected chi connectivity index (χ0v) is 18.9.